The van der Waals surface area contributed by atoms with Gasteiger partial charge in [-0.2, -0.15) is 0 Å². The summed E-state index contributed by atoms with van der Waals surface area (Å²) in [6.45, 7) is 6.45. The van der Waals surface area contributed by atoms with Gasteiger partial charge in [-0.25, -0.2) is 4.79 Å². The Labute approximate surface area is 163 Å². The molecule has 0 fully saturated rings. The van der Waals surface area contributed by atoms with Crippen molar-refractivity contribution in [3.63, 3.8) is 0 Å². The predicted octanol–water partition coefficient (Wildman–Crippen LogP) is 2.20. The van der Waals surface area contributed by atoms with Gasteiger partial charge < -0.3 is 14.2 Å². The Morgan fingerprint density at radius 3 is 2.36 bits per heavy atom. The topological polar surface area (TPSA) is 104 Å². The van der Waals surface area contributed by atoms with Gasteiger partial charge in [0.2, 0.25) is 0 Å². The van der Waals surface area contributed by atoms with E-state index in [4.69, 9.17) is 14.2 Å². The molecule has 1 aromatic heterocycles. The molecule has 2 unspecified atom stereocenters. The average Bonchev–Trinajstić information content (AvgIpc) is 2.66. The van der Waals surface area contributed by atoms with E-state index in [-0.39, 0.29) is 31.1 Å². The number of esters is 3. The summed E-state index contributed by atoms with van der Waals surface area (Å²) in [5.74, 6) is -3.25. The molecule has 0 aliphatic carbocycles. The lowest BCUT2D eigenvalue weighted by Crippen LogP contribution is -2.37. The zero-order valence-electron chi connectivity index (χ0n) is 16.4. The Bertz CT molecular complexity index is 800. The van der Waals surface area contributed by atoms with Gasteiger partial charge in [-0.3, -0.25) is 19.6 Å². The Hall–Kier alpha value is -3.03. The minimum absolute atomic E-state index is 0.144. The number of ether oxygens (including phenoxy) is 3. The van der Waals surface area contributed by atoms with Crippen molar-refractivity contribution >= 4 is 23.6 Å². The van der Waals surface area contributed by atoms with Gasteiger partial charge in [0, 0.05) is 24.5 Å². The number of nitrogens with zero attached hydrogens (tertiary/aromatic N) is 2. The number of aromatic nitrogens is 1. The van der Waals surface area contributed by atoms with Crippen LogP contribution in [-0.4, -0.2) is 48.4 Å². The highest BCUT2D eigenvalue weighted by molar-refractivity contribution is 6.07. The average molecular weight is 388 g/mol. The first kappa shape index (κ1) is 21.3. The summed E-state index contributed by atoms with van der Waals surface area (Å²) in [6, 6.07) is 5.22. The molecule has 0 radical (unpaired) electrons. The molecule has 2 atom stereocenters. The molecule has 1 aromatic rings. The second kappa shape index (κ2) is 9.77. The van der Waals surface area contributed by atoms with E-state index in [1.807, 2.05) is 0 Å². The Balaban J connectivity index is 2.65. The van der Waals surface area contributed by atoms with Crippen LogP contribution in [0.2, 0.25) is 0 Å². The molecule has 28 heavy (non-hydrogen) atoms. The highest BCUT2D eigenvalue weighted by Crippen LogP contribution is 2.39. The van der Waals surface area contributed by atoms with Crippen LogP contribution in [0.25, 0.3) is 0 Å². The first-order valence-corrected chi connectivity index (χ1v) is 9.06. The molecule has 0 saturated carbocycles. The summed E-state index contributed by atoms with van der Waals surface area (Å²) in [4.78, 5) is 45.5. The predicted molar refractivity (Wildman–Crippen MR) is 101 cm³/mol. The fourth-order valence-corrected chi connectivity index (χ4v) is 3.08. The molecule has 1 aliphatic heterocycles. The lowest BCUT2D eigenvalue weighted by Gasteiger charge is -2.31. The number of aliphatic imine (C=N–C) groups is 1. The molecule has 150 valence electrons. The largest absolute Gasteiger partial charge is 0.465 e. The van der Waals surface area contributed by atoms with Crippen LogP contribution in [-0.2, 0) is 28.6 Å². The molecular weight excluding hydrogens is 364 g/mol. The third kappa shape index (κ3) is 4.82. The number of carbonyl (C=O) groups excluding carboxylic acids is 3. The van der Waals surface area contributed by atoms with Gasteiger partial charge in [0.25, 0.3) is 0 Å². The molecule has 0 bridgehead atoms. The van der Waals surface area contributed by atoms with Gasteiger partial charge in [0.1, 0.15) is 12.5 Å². The van der Waals surface area contributed by atoms with Gasteiger partial charge >= 0.3 is 17.9 Å². The first-order chi connectivity index (χ1) is 13.4. The lowest BCUT2D eigenvalue weighted by molar-refractivity contribution is -0.146. The summed E-state index contributed by atoms with van der Waals surface area (Å²) in [7, 11) is 0. The van der Waals surface area contributed by atoms with Crippen LogP contribution in [0.15, 0.2) is 40.7 Å². The van der Waals surface area contributed by atoms with Crippen LogP contribution in [0, 0.1) is 5.92 Å². The van der Waals surface area contributed by atoms with Crippen molar-refractivity contribution in [1.29, 1.82) is 0 Å². The molecule has 8 nitrogen and oxygen atoms in total. The maximum absolute atomic E-state index is 12.8. The van der Waals surface area contributed by atoms with E-state index < -0.39 is 29.7 Å². The molecule has 2 rings (SSSR count). The summed E-state index contributed by atoms with van der Waals surface area (Å²) in [6.07, 6.45) is 1.58. The van der Waals surface area contributed by atoms with E-state index in [0.29, 0.717) is 11.4 Å². The number of hydrogen-bond acceptors (Lipinski definition) is 8. The van der Waals surface area contributed by atoms with Crippen molar-refractivity contribution in [2.75, 3.05) is 19.8 Å². The van der Waals surface area contributed by atoms with Crippen molar-refractivity contribution in [3.05, 3.63) is 41.4 Å². The number of hydrogen-bond donors (Lipinski definition) is 0. The number of carbonyl (C=O) groups is 3. The zero-order chi connectivity index (χ0) is 20.7. The second-order valence-electron chi connectivity index (χ2n) is 6.08. The van der Waals surface area contributed by atoms with Gasteiger partial charge in [0.05, 0.1) is 30.4 Å². The summed E-state index contributed by atoms with van der Waals surface area (Å²) >= 11 is 0. The molecular formula is C20H24N2O6. The summed E-state index contributed by atoms with van der Waals surface area (Å²) < 4.78 is 15.5. The van der Waals surface area contributed by atoms with Crippen LogP contribution >= 0.6 is 0 Å². The Morgan fingerprint density at radius 1 is 1.07 bits per heavy atom. The van der Waals surface area contributed by atoms with Gasteiger partial charge in [-0.05, 0) is 32.9 Å². The van der Waals surface area contributed by atoms with Crippen LogP contribution < -0.4 is 0 Å². The summed E-state index contributed by atoms with van der Waals surface area (Å²) in [5.41, 5.74) is 1.33. The van der Waals surface area contributed by atoms with Crippen LogP contribution in [0.1, 0.15) is 39.3 Å². The lowest BCUT2D eigenvalue weighted by atomic mass is 9.77. The molecule has 0 amide bonds. The number of pyridine rings is 1. The standard InChI is InChI=1S/C20H24N2O6/c1-5-26-19(24)16-12(3)22-15(11-28-13(4)23)18(20(25)27-6-2)17(16)14-9-7-8-10-21-14/h7-10,16-17H,5-6,11H2,1-4H3. The number of rotatable bonds is 7. The minimum atomic E-state index is -0.838. The van der Waals surface area contributed by atoms with Gasteiger partial charge in [-0.1, -0.05) is 6.07 Å². The van der Waals surface area contributed by atoms with E-state index in [9.17, 15) is 14.4 Å². The Morgan fingerprint density at radius 2 is 1.79 bits per heavy atom. The van der Waals surface area contributed by atoms with E-state index >= 15 is 0 Å². The summed E-state index contributed by atoms with van der Waals surface area (Å²) in [5, 5.41) is 0. The fraction of sp³-hybridized carbons (Fsp3) is 0.450. The van der Waals surface area contributed by atoms with Gasteiger partial charge in [0.15, 0.2) is 0 Å². The van der Waals surface area contributed by atoms with Gasteiger partial charge in [-0.15, -0.1) is 0 Å². The van der Waals surface area contributed by atoms with E-state index in [2.05, 4.69) is 9.98 Å². The molecule has 0 aromatic carbocycles. The van der Waals surface area contributed by atoms with Crippen molar-refractivity contribution in [2.24, 2.45) is 10.9 Å². The molecule has 0 N–H and O–H groups in total. The highest BCUT2D eigenvalue weighted by Gasteiger charge is 2.44. The third-order valence-corrected chi connectivity index (χ3v) is 4.17. The third-order valence-electron chi connectivity index (χ3n) is 4.17. The van der Waals surface area contributed by atoms with Crippen molar-refractivity contribution in [2.45, 2.75) is 33.6 Å². The van der Waals surface area contributed by atoms with E-state index in [0.717, 1.165) is 0 Å². The monoisotopic (exact) mass is 388 g/mol. The van der Waals surface area contributed by atoms with Crippen molar-refractivity contribution in [1.82, 2.24) is 4.98 Å². The maximum Gasteiger partial charge on any atom is 0.336 e. The normalized spacial score (nSPS) is 18.9. The van der Waals surface area contributed by atoms with Crippen LogP contribution in [0.3, 0.4) is 0 Å². The Kier molecular flexibility index (Phi) is 7.43. The maximum atomic E-state index is 12.8. The smallest absolute Gasteiger partial charge is 0.336 e. The second-order valence-corrected chi connectivity index (χ2v) is 6.08. The highest BCUT2D eigenvalue weighted by atomic mass is 16.5. The zero-order valence-corrected chi connectivity index (χ0v) is 16.4. The quantitative estimate of drug-likeness (QED) is 0.521. The molecule has 0 saturated heterocycles. The van der Waals surface area contributed by atoms with E-state index in [1.165, 1.54) is 6.92 Å². The van der Waals surface area contributed by atoms with Crippen molar-refractivity contribution in [3.8, 4) is 0 Å². The van der Waals surface area contributed by atoms with Crippen LogP contribution in [0.4, 0.5) is 0 Å². The van der Waals surface area contributed by atoms with Crippen molar-refractivity contribution < 1.29 is 28.6 Å². The molecule has 0 spiro atoms. The molecule has 2 heterocycles. The minimum Gasteiger partial charge on any atom is -0.465 e. The SMILES string of the molecule is CCOC(=O)C1=C(COC(C)=O)N=C(C)C(C(=O)OCC)C1c1ccccn1. The molecule has 8 heteroatoms. The van der Waals surface area contributed by atoms with E-state index in [1.54, 1.807) is 45.2 Å². The van der Waals surface area contributed by atoms with Crippen LogP contribution in [0.5, 0.6) is 0 Å². The fourth-order valence-electron chi connectivity index (χ4n) is 3.08. The molecule has 1 aliphatic rings. The first-order valence-electron chi connectivity index (χ1n) is 9.06.